The molecule has 0 rings (SSSR count). The summed E-state index contributed by atoms with van der Waals surface area (Å²) in [4.78, 5) is 20.7. The standard InChI is InChI=1S/2C8H16O2.Zr/c2*1-3-5-6-7(4-2)8(9)10;/h2*7H,3-6H2,1-2H3,(H,9,10);/q;;+2/p-2. The normalized spacial score (nSPS) is 12.4. The average Bonchev–Trinajstić information content (AvgIpc) is 2.40. The summed E-state index contributed by atoms with van der Waals surface area (Å²) in [7, 11) is 0. The van der Waals surface area contributed by atoms with E-state index >= 15 is 0 Å². The van der Waals surface area contributed by atoms with Gasteiger partial charge in [0.1, 0.15) is 0 Å². The van der Waals surface area contributed by atoms with Gasteiger partial charge in [0.05, 0.1) is 0 Å². The van der Waals surface area contributed by atoms with Crippen molar-refractivity contribution in [1.82, 2.24) is 0 Å². The van der Waals surface area contributed by atoms with Gasteiger partial charge in [0, 0.05) is 11.9 Å². The van der Waals surface area contributed by atoms with Crippen LogP contribution in [0.2, 0.25) is 0 Å². The van der Waals surface area contributed by atoms with Gasteiger partial charge in [-0.3, -0.25) is 0 Å². The van der Waals surface area contributed by atoms with Gasteiger partial charge in [-0.2, -0.15) is 0 Å². The van der Waals surface area contributed by atoms with Crippen LogP contribution in [-0.2, 0) is 35.8 Å². The summed E-state index contributed by atoms with van der Waals surface area (Å²) in [5.41, 5.74) is 0. The molecule has 122 valence electrons. The van der Waals surface area contributed by atoms with Gasteiger partial charge in [-0.25, -0.2) is 0 Å². The van der Waals surface area contributed by atoms with Crippen LogP contribution in [0.1, 0.15) is 79.1 Å². The topological polar surface area (TPSA) is 80.3 Å². The predicted octanol–water partition coefficient (Wildman–Crippen LogP) is 1.90. The van der Waals surface area contributed by atoms with Crippen LogP contribution in [0.25, 0.3) is 0 Å². The smallest absolute Gasteiger partial charge is 0.550 e. The molecule has 0 saturated heterocycles. The quantitative estimate of drug-likeness (QED) is 0.582. The molecule has 0 fully saturated rings. The van der Waals surface area contributed by atoms with Crippen LogP contribution in [0.3, 0.4) is 0 Å². The van der Waals surface area contributed by atoms with E-state index in [2.05, 4.69) is 13.8 Å². The maximum Gasteiger partial charge on any atom is 2.00 e. The molecule has 0 saturated carbocycles. The minimum atomic E-state index is -0.893. The van der Waals surface area contributed by atoms with Gasteiger partial charge in [-0.15, -0.1) is 0 Å². The SMILES string of the molecule is CCCCC(CC)C(=O)[O-].CCCCC(CC)C(=O)[O-].[Zr+2]. The molecule has 2 atom stereocenters. The number of carbonyl (C=O) groups excluding carboxylic acids is 2. The van der Waals surface area contributed by atoms with E-state index in [9.17, 15) is 19.8 Å². The Morgan fingerprint density at radius 1 is 0.762 bits per heavy atom. The van der Waals surface area contributed by atoms with E-state index in [0.29, 0.717) is 12.8 Å². The van der Waals surface area contributed by atoms with Gasteiger partial charge in [0.25, 0.3) is 0 Å². The van der Waals surface area contributed by atoms with Crippen molar-refractivity contribution in [1.29, 1.82) is 0 Å². The van der Waals surface area contributed by atoms with Crippen LogP contribution in [0.15, 0.2) is 0 Å². The zero-order valence-corrected chi connectivity index (χ0v) is 16.4. The molecule has 0 N–H and O–H groups in total. The summed E-state index contributed by atoms with van der Waals surface area (Å²) in [5, 5.41) is 20.7. The van der Waals surface area contributed by atoms with E-state index < -0.39 is 11.9 Å². The Kier molecular flexibility index (Phi) is 21.9. The van der Waals surface area contributed by atoms with E-state index in [4.69, 9.17) is 0 Å². The molecule has 0 aliphatic carbocycles. The summed E-state index contributed by atoms with van der Waals surface area (Å²) in [6.45, 7) is 7.89. The van der Waals surface area contributed by atoms with Crippen molar-refractivity contribution in [2.24, 2.45) is 11.8 Å². The molecule has 0 spiro atoms. The first-order valence-corrected chi connectivity index (χ1v) is 7.86. The van der Waals surface area contributed by atoms with E-state index in [1.807, 2.05) is 13.8 Å². The Labute approximate surface area is 148 Å². The first kappa shape index (κ1) is 25.8. The molecule has 0 aromatic carbocycles. The monoisotopic (exact) mass is 376 g/mol. The van der Waals surface area contributed by atoms with Gasteiger partial charge in [0.15, 0.2) is 0 Å². The van der Waals surface area contributed by atoms with E-state index in [1.54, 1.807) is 0 Å². The van der Waals surface area contributed by atoms with Crippen LogP contribution in [0.4, 0.5) is 0 Å². The predicted molar refractivity (Wildman–Crippen MR) is 76.6 cm³/mol. The van der Waals surface area contributed by atoms with Crippen LogP contribution >= 0.6 is 0 Å². The Morgan fingerprint density at radius 3 is 1.19 bits per heavy atom. The first-order chi connectivity index (χ1) is 9.44. The van der Waals surface area contributed by atoms with Crippen LogP contribution in [0, 0.1) is 11.8 Å². The number of unbranched alkanes of at least 4 members (excludes halogenated alkanes) is 2. The fraction of sp³-hybridized carbons (Fsp3) is 0.875. The number of hydrogen-bond acceptors (Lipinski definition) is 4. The molecule has 5 heteroatoms. The van der Waals surface area contributed by atoms with Gasteiger partial charge in [-0.1, -0.05) is 53.4 Å². The minimum Gasteiger partial charge on any atom is -0.550 e. The molecular weight excluding hydrogens is 347 g/mol. The molecule has 21 heavy (non-hydrogen) atoms. The maximum absolute atomic E-state index is 10.3. The first-order valence-electron chi connectivity index (χ1n) is 7.86. The summed E-state index contributed by atoms with van der Waals surface area (Å²) >= 11 is 0. The van der Waals surface area contributed by atoms with E-state index in [-0.39, 0.29) is 38.0 Å². The van der Waals surface area contributed by atoms with Crippen molar-refractivity contribution >= 4 is 11.9 Å². The Morgan fingerprint density at radius 2 is 1.05 bits per heavy atom. The summed E-state index contributed by atoms with van der Waals surface area (Å²) in [6, 6.07) is 0. The maximum atomic E-state index is 10.3. The third-order valence-electron chi connectivity index (χ3n) is 3.46. The fourth-order valence-electron chi connectivity index (χ4n) is 1.88. The largest absolute Gasteiger partial charge is 2.00 e. The Hall–Kier alpha value is -0.177. The van der Waals surface area contributed by atoms with Crippen molar-refractivity contribution in [2.45, 2.75) is 79.1 Å². The fourth-order valence-corrected chi connectivity index (χ4v) is 1.88. The van der Waals surface area contributed by atoms with Crippen molar-refractivity contribution in [3.8, 4) is 0 Å². The van der Waals surface area contributed by atoms with Gasteiger partial charge < -0.3 is 19.8 Å². The molecule has 4 nitrogen and oxygen atoms in total. The zero-order valence-electron chi connectivity index (χ0n) is 13.9. The summed E-state index contributed by atoms with van der Waals surface area (Å²) < 4.78 is 0. The van der Waals surface area contributed by atoms with Crippen LogP contribution < -0.4 is 10.2 Å². The Balaban J connectivity index is -0.000000295. The van der Waals surface area contributed by atoms with Gasteiger partial charge in [-0.05, 0) is 37.5 Å². The molecule has 0 amide bonds. The van der Waals surface area contributed by atoms with Crippen LogP contribution in [-0.4, -0.2) is 11.9 Å². The Bertz CT molecular complexity index is 231. The number of aliphatic carboxylic acids is 2. The molecule has 0 radical (unpaired) electrons. The summed E-state index contributed by atoms with van der Waals surface area (Å²) in [5.74, 6) is -2.23. The molecular formula is C16H30O4Zr. The zero-order chi connectivity index (χ0) is 16.0. The molecule has 2 unspecified atom stereocenters. The van der Waals surface area contributed by atoms with Crippen molar-refractivity contribution < 1.29 is 46.0 Å². The molecule has 0 heterocycles. The molecule has 0 bridgehead atoms. The average molecular weight is 378 g/mol. The molecule has 0 aromatic rings. The second-order valence-electron chi connectivity index (χ2n) is 5.13. The van der Waals surface area contributed by atoms with Crippen molar-refractivity contribution in [3.05, 3.63) is 0 Å². The minimum absolute atomic E-state index is 0. The molecule has 0 aliphatic heterocycles. The van der Waals surface area contributed by atoms with E-state index in [1.165, 1.54) is 0 Å². The molecule has 0 aliphatic rings. The number of carboxylic acid groups (broad SMARTS) is 2. The van der Waals surface area contributed by atoms with E-state index in [0.717, 1.165) is 38.5 Å². The number of carbonyl (C=O) groups is 2. The van der Waals surface area contributed by atoms with Crippen LogP contribution in [0.5, 0.6) is 0 Å². The number of hydrogen-bond donors (Lipinski definition) is 0. The van der Waals surface area contributed by atoms with Gasteiger partial charge in [0.2, 0.25) is 0 Å². The molecule has 0 aromatic heterocycles. The second-order valence-corrected chi connectivity index (χ2v) is 5.13. The second kappa shape index (κ2) is 17.9. The summed E-state index contributed by atoms with van der Waals surface area (Å²) in [6.07, 6.45) is 7.04. The number of carboxylic acids is 2. The van der Waals surface area contributed by atoms with Gasteiger partial charge >= 0.3 is 26.2 Å². The third kappa shape index (κ3) is 16.0. The van der Waals surface area contributed by atoms with Crippen molar-refractivity contribution in [3.63, 3.8) is 0 Å². The third-order valence-corrected chi connectivity index (χ3v) is 3.46. The number of rotatable bonds is 10. The van der Waals surface area contributed by atoms with Crippen molar-refractivity contribution in [2.75, 3.05) is 0 Å².